The average Bonchev–Trinajstić information content (AvgIpc) is 2.26. The first kappa shape index (κ1) is 20.0. The molecule has 0 fully saturated rings. The number of hydrogen-bond donors (Lipinski definition) is 0. The first-order chi connectivity index (χ1) is 8.10. The lowest BCUT2D eigenvalue weighted by molar-refractivity contribution is -0.145. The van der Waals surface area contributed by atoms with Gasteiger partial charge in [-0.3, -0.25) is 4.90 Å². The molecule has 0 heterocycles. The molecule has 0 aliphatic heterocycles. The highest BCUT2D eigenvalue weighted by Gasteiger charge is 2.32. The minimum Gasteiger partial charge on any atom is -0.378 e. The van der Waals surface area contributed by atoms with Crippen LogP contribution in [0.4, 0.5) is 13.2 Å². The van der Waals surface area contributed by atoms with Gasteiger partial charge >= 0.3 is 6.18 Å². The van der Waals surface area contributed by atoms with Gasteiger partial charge in [-0.25, -0.2) is 0 Å². The molecule has 0 aliphatic carbocycles. The Kier molecular flexibility index (Phi) is 9.74. The molecule has 0 N–H and O–H groups in total. The molecule has 0 saturated carbocycles. The second-order valence-corrected chi connectivity index (χ2v) is 4.77. The quantitative estimate of drug-likeness (QED) is 0.725. The number of methoxy groups -OCH3 is 1. The second-order valence-electron chi connectivity index (χ2n) is 4.77. The predicted molar refractivity (Wildman–Crippen MR) is 69.8 cm³/mol. The summed E-state index contributed by atoms with van der Waals surface area (Å²) in [5, 5.41) is 0. The van der Waals surface area contributed by atoms with E-state index >= 15 is 0 Å². The summed E-state index contributed by atoms with van der Waals surface area (Å²) in [5.74, 6) is 0.275. The zero-order valence-corrected chi connectivity index (χ0v) is 12.7. The Morgan fingerprint density at radius 1 is 1.17 bits per heavy atom. The van der Waals surface area contributed by atoms with E-state index < -0.39 is 12.7 Å². The van der Waals surface area contributed by atoms with Crippen molar-refractivity contribution >= 4 is 0 Å². The van der Waals surface area contributed by atoms with Gasteiger partial charge in [0.15, 0.2) is 0 Å². The lowest BCUT2D eigenvalue weighted by Gasteiger charge is -2.34. The van der Waals surface area contributed by atoms with Gasteiger partial charge in [-0.15, -0.1) is 0 Å². The Hall–Kier alpha value is -0.290. The number of alkyl halides is 3. The van der Waals surface area contributed by atoms with E-state index in [2.05, 4.69) is 0 Å². The van der Waals surface area contributed by atoms with Crippen LogP contribution in [0, 0.1) is 5.92 Å². The first-order valence-corrected chi connectivity index (χ1v) is 6.41. The maximum absolute atomic E-state index is 12.1. The lowest BCUT2D eigenvalue weighted by Crippen LogP contribution is -2.39. The molecule has 18 heavy (non-hydrogen) atoms. The van der Waals surface area contributed by atoms with Gasteiger partial charge in [0.05, 0.1) is 12.1 Å². The fourth-order valence-electron chi connectivity index (χ4n) is 1.42. The number of hydrogen-bond acceptors (Lipinski definition) is 2. The van der Waals surface area contributed by atoms with Crippen molar-refractivity contribution in [2.24, 2.45) is 5.92 Å². The third-order valence-electron chi connectivity index (χ3n) is 3.13. The fraction of sp³-hybridized carbons (Fsp3) is 1.00. The lowest BCUT2D eigenvalue weighted by atomic mass is 9.89. The molecule has 0 aromatic heterocycles. The van der Waals surface area contributed by atoms with Gasteiger partial charge in [-0.1, -0.05) is 27.7 Å². The molecule has 0 aliphatic rings. The molecular weight excluding hydrogens is 243 g/mol. The van der Waals surface area contributed by atoms with Crippen molar-refractivity contribution in [2.45, 2.75) is 52.8 Å². The van der Waals surface area contributed by atoms with E-state index in [1.165, 1.54) is 11.9 Å². The van der Waals surface area contributed by atoms with Gasteiger partial charge in [0.2, 0.25) is 0 Å². The zero-order valence-electron chi connectivity index (χ0n) is 12.7. The highest BCUT2D eigenvalue weighted by molar-refractivity contribution is 4.79. The van der Waals surface area contributed by atoms with Crippen molar-refractivity contribution in [2.75, 3.05) is 27.2 Å². The van der Waals surface area contributed by atoms with Gasteiger partial charge in [0.25, 0.3) is 0 Å². The summed E-state index contributed by atoms with van der Waals surface area (Å²) < 4.78 is 41.7. The van der Waals surface area contributed by atoms with Crippen LogP contribution in [0.3, 0.4) is 0 Å². The molecule has 0 saturated heterocycles. The van der Waals surface area contributed by atoms with Crippen molar-refractivity contribution in [3.05, 3.63) is 0 Å². The predicted octanol–water partition coefficient (Wildman–Crippen LogP) is 3.96. The van der Waals surface area contributed by atoms with Crippen LogP contribution < -0.4 is 0 Å². The SMILES string of the molecule is CC.COC(C)(CCN(C)CC(F)(F)F)C(C)C. The summed E-state index contributed by atoms with van der Waals surface area (Å²) in [5.41, 5.74) is -0.361. The van der Waals surface area contributed by atoms with E-state index in [1.807, 2.05) is 34.6 Å². The van der Waals surface area contributed by atoms with Gasteiger partial charge in [-0.2, -0.15) is 13.2 Å². The molecule has 0 bridgehead atoms. The van der Waals surface area contributed by atoms with E-state index in [4.69, 9.17) is 4.74 Å². The summed E-state index contributed by atoms with van der Waals surface area (Å²) in [4.78, 5) is 1.28. The summed E-state index contributed by atoms with van der Waals surface area (Å²) >= 11 is 0. The van der Waals surface area contributed by atoms with Crippen LogP contribution in [0.15, 0.2) is 0 Å². The largest absolute Gasteiger partial charge is 0.401 e. The van der Waals surface area contributed by atoms with E-state index in [9.17, 15) is 13.2 Å². The molecule has 112 valence electrons. The van der Waals surface area contributed by atoms with Crippen LogP contribution in [0.2, 0.25) is 0 Å². The molecule has 0 aromatic rings. The Morgan fingerprint density at radius 3 is 1.89 bits per heavy atom. The monoisotopic (exact) mass is 271 g/mol. The minimum absolute atomic E-state index is 0.275. The normalized spacial score (nSPS) is 15.3. The smallest absolute Gasteiger partial charge is 0.378 e. The van der Waals surface area contributed by atoms with E-state index in [-0.39, 0.29) is 11.5 Å². The summed E-state index contributed by atoms with van der Waals surface area (Å²) in [6, 6.07) is 0. The van der Waals surface area contributed by atoms with E-state index in [1.54, 1.807) is 7.11 Å². The van der Waals surface area contributed by atoms with Crippen LogP contribution in [0.25, 0.3) is 0 Å². The van der Waals surface area contributed by atoms with Crippen LogP contribution in [0.1, 0.15) is 41.0 Å². The number of ether oxygens (including phenoxy) is 1. The highest BCUT2D eigenvalue weighted by Crippen LogP contribution is 2.25. The molecule has 1 unspecified atom stereocenters. The topological polar surface area (TPSA) is 12.5 Å². The molecule has 0 amide bonds. The molecule has 0 radical (unpaired) electrons. The van der Waals surface area contributed by atoms with Crippen LogP contribution >= 0.6 is 0 Å². The highest BCUT2D eigenvalue weighted by atomic mass is 19.4. The molecule has 0 spiro atoms. The van der Waals surface area contributed by atoms with Crippen molar-refractivity contribution in [1.82, 2.24) is 4.90 Å². The van der Waals surface area contributed by atoms with E-state index in [0.29, 0.717) is 13.0 Å². The van der Waals surface area contributed by atoms with Crippen molar-refractivity contribution in [3.8, 4) is 0 Å². The summed E-state index contributed by atoms with van der Waals surface area (Å²) in [6.07, 6.45) is -3.54. The Labute approximate surface area is 109 Å². The van der Waals surface area contributed by atoms with Gasteiger partial charge < -0.3 is 4.74 Å². The number of nitrogens with zero attached hydrogens (tertiary/aromatic N) is 1. The Bertz CT molecular complexity index is 207. The van der Waals surface area contributed by atoms with Gasteiger partial charge in [0.1, 0.15) is 0 Å². The maximum Gasteiger partial charge on any atom is 0.401 e. The molecule has 2 nitrogen and oxygen atoms in total. The van der Waals surface area contributed by atoms with E-state index in [0.717, 1.165) is 0 Å². The Morgan fingerprint density at radius 2 is 1.61 bits per heavy atom. The molecule has 0 rings (SSSR count). The van der Waals surface area contributed by atoms with Crippen molar-refractivity contribution in [3.63, 3.8) is 0 Å². The van der Waals surface area contributed by atoms with Crippen LogP contribution in [-0.4, -0.2) is 43.9 Å². The third-order valence-corrected chi connectivity index (χ3v) is 3.13. The van der Waals surface area contributed by atoms with Gasteiger partial charge in [-0.05, 0) is 26.3 Å². The zero-order chi connectivity index (χ0) is 15.0. The van der Waals surface area contributed by atoms with Crippen LogP contribution in [0.5, 0.6) is 0 Å². The van der Waals surface area contributed by atoms with Crippen molar-refractivity contribution < 1.29 is 17.9 Å². The Balaban J connectivity index is 0. The maximum atomic E-state index is 12.1. The fourth-order valence-corrected chi connectivity index (χ4v) is 1.42. The third kappa shape index (κ3) is 8.75. The average molecular weight is 271 g/mol. The first-order valence-electron chi connectivity index (χ1n) is 6.41. The minimum atomic E-state index is -4.13. The number of rotatable bonds is 6. The van der Waals surface area contributed by atoms with Crippen LogP contribution in [-0.2, 0) is 4.74 Å². The summed E-state index contributed by atoms with van der Waals surface area (Å²) in [6.45, 7) is 9.45. The van der Waals surface area contributed by atoms with Crippen molar-refractivity contribution in [1.29, 1.82) is 0 Å². The van der Waals surface area contributed by atoms with Gasteiger partial charge in [0, 0.05) is 13.7 Å². The number of halogens is 3. The molecule has 0 aromatic carbocycles. The summed E-state index contributed by atoms with van der Waals surface area (Å²) in [7, 11) is 3.08. The molecule has 1 atom stereocenters. The molecular formula is C13H28F3NO. The molecule has 5 heteroatoms. The second kappa shape index (κ2) is 8.75. The standard InChI is InChI=1S/C11H22F3NO.C2H6/c1-9(2)10(3,16-5)6-7-15(4)8-11(12,13)14;1-2/h9H,6-8H2,1-5H3;1-2H3.